The molecule has 0 bridgehead atoms. The van der Waals surface area contributed by atoms with Crippen LogP contribution in [0, 0.1) is 5.92 Å². The van der Waals surface area contributed by atoms with E-state index < -0.39 is 23.6 Å². The van der Waals surface area contributed by atoms with E-state index in [2.05, 4.69) is 4.99 Å². The van der Waals surface area contributed by atoms with Crippen LogP contribution in [0.5, 0.6) is 0 Å². The van der Waals surface area contributed by atoms with E-state index in [0.29, 0.717) is 0 Å². The second-order valence-electron chi connectivity index (χ2n) is 5.69. The van der Waals surface area contributed by atoms with E-state index in [1.165, 1.54) is 6.21 Å². The first-order valence-electron chi connectivity index (χ1n) is 6.99. The summed E-state index contributed by atoms with van der Waals surface area (Å²) in [7, 11) is 0. The number of benzene rings is 1. The summed E-state index contributed by atoms with van der Waals surface area (Å²) >= 11 is 0. The summed E-state index contributed by atoms with van der Waals surface area (Å²) in [5, 5.41) is 0. The Balaban J connectivity index is 2.52. The van der Waals surface area contributed by atoms with Crippen LogP contribution in [-0.2, 0) is 20.9 Å². The van der Waals surface area contributed by atoms with Crippen molar-refractivity contribution in [3.05, 3.63) is 35.9 Å². The molecule has 1 aromatic rings. The van der Waals surface area contributed by atoms with Gasteiger partial charge in [0.2, 0.25) is 0 Å². The molecule has 6 heteroatoms. The highest BCUT2D eigenvalue weighted by Gasteiger charge is 2.19. The molecule has 120 valence electrons. The molecule has 0 saturated heterocycles. The molecule has 1 unspecified atom stereocenters. The van der Waals surface area contributed by atoms with Gasteiger partial charge >= 0.3 is 12.1 Å². The van der Waals surface area contributed by atoms with Crippen molar-refractivity contribution in [1.29, 1.82) is 0 Å². The number of ether oxygens (including phenoxy) is 2. The number of rotatable bonds is 5. The lowest BCUT2D eigenvalue weighted by atomic mass is 10.2. The van der Waals surface area contributed by atoms with Crippen LogP contribution in [0.15, 0.2) is 35.3 Å². The Bertz CT molecular complexity index is 521. The minimum absolute atomic E-state index is 0.0000785. The lowest BCUT2D eigenvalue weighted by Crippen LogP contribution is -2.28. The molecule has 0 saturated carbocycles. The quantitative estimate of drug-likeness (QED) is 0.666. The lowest BCUT2D eigenvalue weighted by molar-refractivity contribution is -0.147. The Morgan fingerprint density at radius 2 is 1.91 bits per heavy atom. The maximum atomic E-state index is 11.9. The third-order valence-corrected chi connectivity index (χ3v) is 2.53. The third-order valence-electron chi connectivity index (χ3n) is 2.53. The van der Waals surface area contributed by atoms with Crippen molar-refractivity contribution in [3.8, 4) is 0 Å². The highest BCUT2D eigenvalue weighted by molar-refractivity contribution is 5.93. The van der Waals surface area contributed by atoms with Gasteiger partial charge in [-0.3, -0.25) is 4.79 Å². The highest BCUT2D eigenvalue weighted by atomic mass is 16.6. The Morgan fingerprint density at radius 3 is 2.45 bits per heavy atom. The number of nitrogens with two attached hydrogens (primary N) is 1. The molecule has 0 spiro atoms. The molecule has 0 aliphatic carbocycles. The molecule has 0 heterocycles. The van der Waals surface area contributed by atoms with E-state index in [9.17, 15) is 9.59 Å². The van der Waals surface area contributed by atoms with Crippen LogP contribution in [0.4, 0.5) is 4.79 Å². The molecular weight excluding hydrogens is 284 g/mol. The van der Waals surface area contributed by atoms with Gasteiger partial charge in [0.1, 0.15) is 18.1 Å². The predicted molar refractivity (Wildman–Crippen MR) is 83.5 cm³/mol. The van der Waals surface area contributed by atoms with Crippen molar-refractivity contribution in [1.82, 2.24) is 0 Å². The maximum absolute atomic E-state index is 11.9. The second-order valence-corrected chi connectivity index (χ2v) is 5.69. The molecular formula is C16H22N2O4. The average molecular weight is 306 g/mol. The van der Waals surface area contributed by atoms with Gasteiger partial charge in [-0.1, -0.05) is 30.3 Å². The van der Waals surface area contributed by atoms with E-state index in [1.54, 1.807) is 20.8 Å². The van der Waals surface area contributed by atoms with Crippen molar-refractivity contribution >= 4 is 18.3 Å². The monoisotopic (exact) mass is 306 g/mol. The minimum Gasteiger partial charge on any atom is -0.460 e. The van der Waals surface area contributed by atoms with Crippen molar-refractivity contribution in [2.24, 2.45) is 16.6 Å². The molecule has 0 fully saturated rings. The standard InChI is InChI=1S/C16H22N2O4/c1-16(2,3)22-15(20)18-10-13(9-17)14(19)21-11-12-7-5-4-6-8-12/h4-8,10,13H,9,11,17H2,1-3H3. The molecule has 1 rings (SSSR count). The predicted octanol–water partition coefficient (Wildman–Crippen LogP) is 2.31. The molecule has 1 aromatic carbocycles. The summed E-state index contributed by atoms with van der Waals surface area (Å²) in [6.45, 7) is 5.34. The Labute approximate surface area is 130 Å². The zero-order valence-electron chi connectivity index (χ0n) is 13.1. The number of hydrogen-bond acceptors (Lipinski definition) is 5. The fraction of sp³-hybridized carbons (Fsp3) is 0.438. The van der Waals surface area contributed by atoms with Crippen molar-refractivity contribution in [2.75, 3.05) is 6.54 Å². The fourth-order valence-electron chi connectivity index (χ4n) is 1.49. The number of carbonyl (C=O) groups excluding carboxylic acids is 2. The molecule has 0 aliphatic heterocycles. The second kappa shape index (κ2) is 8.29. The van der Waals surface area contributed by atoms with Crippen LogP contribution < -0.4 is 5.73 Å². The van der Waals surface area contributed by atoms with Crippen molar-refractivity contribution in [2.45, 2.75) is 33.0 Å². The van der Waals surface area contributed by atoms with E-state index in [1.807, 2.05) is 30.3 Å². The maximum Gasteiger partial charge on any atom is 0.433 e. The number of aliphatic imine (C=N–C) groups is 1. The fourth-order valence-corrected chi connectivity index (χ4v) is 1.49. The zero-order chi connectivity index (χ0) is 16.6. The first-order valence-corrected chi connectivity index (χ1v) is 6.99. The normalized spacial score (nSPS) is 12.9. The van der Waals surface area contributed by atoms with Crippen molar-refractivity contribution < 1.29 is 19.1 Å². The summed E-state index contributed by atoms with van der Waals surface area (Å²) in [5.41, 5.74) is 5.74. The topological polar surface area (TPSA) is 91.0 Å². The van der Waals surface area contributed by atoms with Crippen LogP contribution >= 0.6 is 0 Å². The van der Waals surface area contributed by atoms with Crippen molar-refractivity contribution in [3.63, 3.8) is 0 Å². The molecule has 0 radical (unpaired) electrons. The highest BCUT2D eigenvalue weighted by Crippen LogP contribution is 2.08. The number of esters is 1. The summed E-state index contributed by atoms with van der Waals surface area (Å²) < 4.78 is 10.2. The van der Waals surface area contributed by atoms with Crippen LogP contribution in [0.3, 0.4) is 0 Å². The number of carbonyl (C=O) groups is 2. The van der Waals surface area contributed by atoms with Gasteiger partial charge in [-0.15, -0.1) is 0 Å². The van der Waals surface area contributed by atoms with Gasteiger partial charge in [-0.05, 0) is 26.3 Å². The van der Waals surface area contributed by atoms with Gasteiger partial charge in [-0.2, -0.15) is 4.99 Å². The molecule has 1 amide bonds. The molecule has 0 aliphatic rings. The Morgan fingerprint density at radius 1 is 1.27 bits per heavy atom. The molecule has 2 N–H and O–H groups in total. The Kier molecular flexibility index (Phi) is 6.72. The average Bonchev–Trinajstić information content (AvgIpc) is 2.45. The zero-order valence-corrected chi connectivity index (χ0v) is 13.1. The van der Waals surface area contributed by atoms with Crippen LogP contribution in [0.1, 0.15) is 26.3 Å². The van der Waals surface area contributed by atoms with Gasteiger partial charge in [0.05, 0.1) is 0 Å². The SMILES string of the molecule is CC(C)(C)OC(=O)N=CC(CN)C(=O)OCc1ccccc1. The van der Waals surface area contributed by atoms with E-state index in [-0.39, 0.29) is 13.2 Å². The van der Waals surface area contributed by atoms with Crippen LogP contribution in [-0.4, -0.2) is 30.4 Å². The van der Waals surface area contributed by atoms with Crippen LogP contribution in [0.25, 0.3) is 0 Å². The Hall–Kier alpha value is -2.21. The van der Waals surface area contributed by atoms with Gasteiger partial charge in [0.15, 0.2) is 0 Å². The van der Waals surface area contributed by atoms with Gasteiger partial charge < -0.3 is 15.2 Å². The summed E-state index contributed by atoms with van der Waals surface area (Å²) in [6, 6.07) is 9.28. The summed E-state index contributed by atoms with van der Waals surface area (Å²) in [6.07, 6.45) is 0.406. The van der Waals surface area contributed by atoms with Gasteiger partial charge in [-0.25, -0.2) is 4.79 Å². The number of hydrogen-bond donors (Lipinski definition) is 1. The van der Waals surface area contributed by atoms with Gasteiger partial charge in [0, 0.05) is 12.8 Å². The smallest absolute Gasteiger partial charge is 0.433 e. The molecule has 1 atom stereocenters. The van der Waals surface area contributed by atoms with E-state index in [4.69, 9.17) is 15.2 Å². The van der Waals surface area contributed by atoms with E-state index >= 15 is 0 Å². The number of nitrogens with zero attached hydrogens (tertiary/aromatic N) is 1. The largest absolute Gasteiger partial charge is 0.460 e. The van der Waals surface area contributed by atoms with Gasteiger partial charge in [0.25, 0.3) is 0 Å². The first kappa shape index (κ1) is 17.8. The third kappa shape index (κ3) is 6.99. The van der Waals surface area contributed by atoms with Crippen LogP contribution in [0.2, 0.25) is 0 Å². The van der Waals surface area contributed by atoms with E-state index in [0.717, 1.165) is 5.56 Å². The molecule has 6 nitrogen and oxygen atoms in total. The first-order chi connectivity index (χ1) is 10.3. The number of amides is 1. The summed E-state index contributed by atoms with van der Waals surface area (Å²) in [4.78, 5) is 27.0. The minimum atomic E-state index is -0.781. The lowest BCUT2D eigenvalue weighted by Gasteiger charge is -2.17. The summed E-state index contributed by atoms with van der Waals surface area (Å²) in [5.74, 6) is -1.31. The molecule has 0 aromatic heterocycles. The molecule has 22 heavy (non-hydrogen) atoms.